The molecule has 0 aliphatic carbocycles. The topological polar surface area (TPSA) is 75.9 Å². The molecule has 1 unspecified atom stereocenters. The number of fused-ring (bicyclic) bond motifs is 1. The van der Waals surface area contributed by atoms with Crippen LogP contribution in [0.3, 0.4) is 0 Å². The normalized spacial score (nSPS) is 18.2. The van der Waals surface area contributed by atoms with Crippen LogP contribution in [0.5, 0.6) is 0 Å². The van der Waals surface area contributed by atoms with Crippen LogP contribution in [-0.2, 0) is 6.54 Å². The van der Waals surface area contributed by atoms with Gasteiger partial charge in [-0.25, -0.2) is 4.98 Å². The molecule has 2 aromatic rings. The number of hydrogen-bond donors (Lipinski definition) is 1. The molecule has 1 aliphatic heterocycles. The molecule has 0 aromatic carbocycles. The van der Waals surface area contributed by atoms with E-state index in [0.29, 0.717) is 12.2 Å². The molecule has 3 heterocycles. The van der Waals surface area contributed by atoms with Crippen LogP contribution in [0, 0.1) is 0 Å². The van der Waals surface area contributed by atoms with Crippen molar-refractivity contribution in [1.29, 1.82) is 0 Å². The summed E-state index contributed by atoms with van der Waals surface area (Å²) in [5.41, 5.74) is 1.56. The van der Waals surface area contributed by atoms with Crippen molar-refractivity contribution < 1.29 is 4.79 Å². The van der Waals surface area contributed by atoms with Gasteiger partial charge in [-0.1, -0.05) is 0 Å². The Kier molecular flexibility index (Phi) is 3.92. The average Bonchev–Trinajstić information content (AvgIpc) is 2.96. The minimum absolute atomic E-state index is 0.187. The zero-order valence-electron chi connectivity index (χ0n) is 11.9. The van der Waals surface area contributed by atoms with E-state index in [4.69, 9.17) is 0 Å². The van der Waals surface area contributed by atoms with Gasteiger partial charge in [-0.3, -0.25) is 19.4 Å². The zero-order valence-corrected chi connectivity index (χ0v) is 11.9. The lowest BCUT2D eigenvalue weighted by molar-refractivity contribution is 0.0943. The molecule has 3 rings (SSSR count). The van der Waals surface area contributed by atoms with Crippen molar-refractivity contribution >= 4 is 5.91 Å². The van der Waals surface area contributed by atoms with E-state index in [9.17, 15) is 4.79 Å². The summed E-state index contributed by atoms with van der Waals surface area (Å²) in [7, 11) is 2.10. The summed E-state index contributed by atoms with van der Waals surface area (Å²) in [6, 6.07) is 2.33. The highest BCUT2D eigenvalue weighted by molar-refractivity contribution is 5.91. The number of hydrogen-bond acceptors (Lipinski definition) is 5. The fourth-order valence-corrected chi connectivity index (χ4v) is 2.65. The monoisotopic (exact) mass is 286 g/mol. The molecule has 110 valence electrons. The molecule has 1 atom stereocenters. The molecule has 21 heavy (non-hydrogen) atoms. The lowest BCUT2D eigenvalue weighted by Gasteiger charge is -2.31. The van der Waals surface area contributed by atoms with Gasteiger partial charge in [-0.15, -0.1) is 0 Å². The summed E-state index contributed by atoms with van der Waals surface area (Å²) in [6.45, 7) is 2.45. The predicted octanol–water partition coefficient (Wildman–Crippen LogP) is 0.480. The number of rotatable bonds is 4. The van der Waals surface area contributed by atoms with Gasteiger partial charge < -0.3 is 5.32 Å². The highest BCUT2D eigenvalue weighted by atomic mass is 16.1. The quantitative estimate of drug-likeness (QED) is 0.884. The number of carbonyl (C=O) groups is 1. The molecule has 2 aromatic heterocycles. The Bertz CT molecular complexity index is 611. The van der Waals surface area contributed by atoms with Crippen molar-refractivity contribution in [2.24, 2.45) is 0 Å². The van der Waals surface area contributed by atoms with Crippen molar-refractivity contribution in [3.63, 3.8) is 0 Å². The molecule has 0 fully saturated rings. The Morgan fingerprint density at radius 2 is 2.33 bits per heavy atom. The van der Waals surface area contributed by atoms with Crippen LogP contribution in [0.1, 0.15) is 28.6 Å². The fourth-order valence-electron chi connectivity index (χ4n) is 2.65. The van der Waals surface area contributed by atoms with Gasteiger partial charge in [0.05, 0.1) is 17.9 Å². The van der Waals surface area contributed by atoms with E-state index in [-0.39, 0.29) is 11.9 Å². The number of carbonyl (C=O) groups excluding carboxylic acids is 1. The summed E-state index contributed by atoms with van der Waals surface area (Å²) in [6.07, 6.45) is 7.20. The Morgan fingerprint density at radius 3 is 3.14 bits per heavy atom. The molecule has 1 aliphatic rings. The second-order valence-electron chi connectivity index (χ2n) is 5.25. The molecule has 0 spiro atoms. The molecule has 1 amide bonds. The first-order valence-corrected chi connectivity index (χ1v) is 6.99. The van der Waals surface area contributed by atoms with E-state index < -0.39 is 0 Å². The van der Waals surface area contributed by atoms with E-state index in [2.05, 4.69) is 37.0 Å². The van der Waals surface area contributed by atoms with Gasteiger partial charge in [0.25, 0.3) is 5.91 Å². The molecule has 7 nitrogen and oxygen atoms in total. The third kappa shape index (κ3) is 3.08. The number of nitrogens with zero attached hydrogens (tertiary/aromatic N) is 5. The molecule has 0 saturated carbocycles. The Morgan fingerprint density at radius 1 is 1.43 bits per heavy atom. The Balaban J connectivity index is 1.56. The van der Waals surface area contributed by atoms with Crippen LogP contribution in [-0.4, -0.2) is 50.7 Å². The molecule has 0 bridgehead atoms. The van der Waals surface area contributed by atoms with Crippen molar-refractivity contribution in [2.75, 3.05) is 20.1 Å². The van der Waals surface area contributed by atoms with Crippen LogP contribution in [0.4, 0.5) is 0 Å². The Hall–Kier alpha value is -2.28. The second-order valence-corrected chi connectivity index (χ2v) is 5.25. The van der Waals surface area contributed by atoms with Gasteiger partial charge in [0.15, 0.2) is 0 Å². The molecular weight excluding hydrogens is 268 g/mol. The van der Waals surface area contributed by atoms with Crippen LogP contribution in [0.25, 0.3) is 0 Å². The third-order valence-electron chi connectivity index (χ3n) is 3.61. The van der Waals surface area contributed by atoms with Gasteiger partial charge in [0.2, 0.25) is 0 Å². The van der Waals surface area contributed by atoms with Crippen LogP contribution >= 0.6 is 0 Å². The highest BCUT2D eigenvalue weighted by Crippen LogP contribution is 2.21. The SMILES string of the molecule is CN1Cc2ccnn2C(CCNC(=O)c2cnccn2)C1. The van der Waals surface area contributed by atoms with Gasteiger partial charge in [0.1, 0.15) is 5.69 Å². The van der Waals surface area contributed by atoms with Gasteiger partial charge >= 0.3 is 0 Å². The zero-order chi connectivity index (χ0) is 14.7. The maximum absolute atomic E-state index is 11.9. The predicted molar refractivity (Wildman–Crippen MR) is 76.6 cm³/mol. The van der Waals surface area contributed by atoms with E-state index in [1.807, 2.05) is 12.3 Å². The lowest BCUT2D eigenvalue weighted by atomic mass is 10.1. The number of likely N-dealkylation sites (N-methyl/N-ethyl adjacent to an activating group) is 1. The van der Waals surface area contributed by atoms with Crippen molar-refractivity contribution in [2.45, 2.75) is 19.0 Å². The summed E-state index contributed by atoms with van der Waals surface area (Å²) < 4.78 is 2.06. The smallest absolute Gasteiger partial charge is 0.271 e. The van der Waals surface area contributed by atoms with Gasteiger partial charge in [-0.05, 0) is 19.5 Å². The van der Waals surface area contributed by atoms with E-state index >= 15 is 0 Å². The fraction of sp³-hybridized carbons (Fsp3) is 0.429. The van der Waals surface area contributed by atoms with Crippen molar-refractivity contribution in [1.82, 2.24) is 30.0 Å². The van der Waals surface area contributed by atoms with Crippen LogP contribution < -0.4 is 5.32 Å². The lowest BCUT2D eigenvalue weighted by Crippen LogP contribution is -2.37. The largest absolute Gasteiger partial charge is 0.351 e. The standard InChI is InChI=1S/C14H18N6O/c1-19-9-11(20-12(10-19)3-5-18-20)2-4-17-14(21)13-8-15-6-7-16-13/h3,5-8,11H,2,4,9-10H2,1H3,(H,17,21). The van der Waals surface area contributed by atoms with Crippen molar-refractivity contribution in [3.8, 4) is 0 Å². The highest BCUT2D eigenvalue weighted by Gasteiger charge is 2.23. The number of amides is 1. The van der Waals surface area contributed by atoms with E-state index in [1.54, 1.807) is 6.20 Å². The summed E-state index contributed by atoms with van der Waals surface area (Å²) in [5.74, 6) is -0.187. The summed E-state index contributed by atoms with van der Waals surface area (Å²) >= 11 is 0. The second kappa shape index (κ2) is 6.01. The molecule has 0 saturated heterocycles. The minimum Gasteiger partial charge on any atom is -0.351 e. The van der Waals surface area contributed by atoms with Crippen molar-refractivity contribution in [3.05, 3.63) is 42.2 Å². The van der Waals surface area contributed by atoms with Gasteiger partial charge in [0, 0.05) is 38.2 Å². The summed E-state index contributed by atoms with van der Waals surface area (Å²) in [5, 5.41) is 7.27. The number of aromatic nitrogens is 4. The van der Waals surface area contributed by atoms with Crippen LogP contribution in [0.15, 0.2) is 30.9 Å². The molecule has 1 N–H and O–H groups in total. The first-order valence-electron chi connectivity index (χ1n) is 6.99. The molecule has 0 radical (unpaired) electrons. The average molecular weight is 286 g/mol. The van der Waals surface area contributed by atoms with Gasteiger partial charge in [-0.2, -0.15) is 5.10 Å². The van der Waals surface area contributed by atoms with E-state index in [0.717, 1.165) is 19.5 Å². The number of nitrogens with one attached hydrogen (secondary N) is 1. The first-order chi connectivity index (χ1) is 10.2. The maximum Gasteiger partial charge on any atom is 0.271 e. The molecule has 7 heteroatoms. The molecular formula is C14H18N6O. The van der Waals surface area contributed by atoms with E-state index in [1.165, 1.54) is 18.1 Å². The Labute approximate surface area is 123 Å². The first kappa shape index (κ1) is 13.7. The maximum atomic E-state index is 11.9. The summed E-state index contributed by atoms with van der Waals surface area (Å²) in [4.78, 5) is 22.0. The van der Waals surface area contributed by atoms with Crippen LogP contribution in [0.2, 0.25) is 0 Å². The third-order valence-corrected chi connectivity index (χ3v) is 3.61. The minimum atomic E-state index is -0.187.